The summed E-state index contributed by atoms with van der Waals surface area (Å²) in [5.74, 6) is 1.14. The zero-order chi connectivity index (χ0) is 16.9. The second-order valence-electron chi connectivity index (χ2n) is 7.65. The van der Waals surface area contributed by atoms with Crippen molar-refractivity contribution in [3.05, 3.63) is 29.3 Å². The largest absolute Gasteiger partial charge is 0.427 e. The van der Waals surface area contributed by atoms with Crippen LogP contribution in [0, 0.1) is 5.92 Å². The van der Waals surface area contributed by atoms with Gasteiger partial charge < -0.3 is 9.64 Å². The first-order chi connectivity index (χ1) is 11.5. The van der Waals surface area contributed by atoms with Crippen LogP contribution in [0.4, 0.5) is 0 Å². The fourth-order valence-corrected chi connectivity index (χ4v) is 5.60. The molecule has 3 atom stereocenters. The summed E-state index contributed by atoms with van der Waals surface area (Å²) in [6.07, 6.45) is 6.86. The van der Waals surface area contributed by atoms with Crippen molar-refractivity contribution < 1.29 is 14.3 Å². The van der Waals surface area contributed by atoms with Crippen molar-refractivity contribution in [2.45, 2.75) is 63.8 Å². The average Bonchev–Trinajstić information content (AvgIpc) is 2.54. The van der Waals surface area contributed by atoms with Crippen LogP contribution in [0.15, 0.2) is 18.2 Å². The molecule has 1 amide bonds. The molecule has 1 heterocycles. The summed E-state index contributed by atoms with van der Waals surface area (Å²) in [7, 11) is 0. The quantitative estimate of drug-likeness (QED) is 0.588. The highest BCUT2D eigenvalue weighted by Crippen LogP contribution is 2.56. The smallest absolute Gasteiger partial charge is 0.308 e. The van der Waals surface area contributed by atoms with Crippen molar-refractivity contribution in [2.75, 3.05) is 6.54 Å². The normalized spacial score (nSPS) is 31.0. The third-order valence-electron chi connectivity index (χ3n) is 6.47. The number of piperidine rings is 1. The molecule has 0 radical (unpaired) electrons. The third kappa shape index (κ3) is 2.27. The number of nitrogens with zero attached hydrogens (tertiary/aromatic N) is 1. The van der Waals surface area contributed by atoms with Crippen molar-refractivity contribution in [3.63, 3.8) is 0 Å². The number of hydrogen-bond acceptors (Lipinski definition) is 3. The first kappa shape index (κ1) is 15.7. The second kappa shape index (κ2) is 5.61. The van der Waals surface area contributed by atoms with Crippen molar-refractivity contribution >= 4 is 11.9 Å². The monoisotopic (exact) mass is 327 g/mol. The van der Waals surface area contributed by atoms with Crippen LogP contribution in [-0.2, 0) is 21.4 Å². The molecular formula is C20H25NO3. The predicted octanol–water partition coefficient (Wildman–Crippen LogP) is 3.22. The highest BCUT2D eigenvalue weighted by molar-refractivity contribution is 5.74. The van der Waals surface area contributed by atoms with E-state index in [1.54, 1.807) is 6.92 Å². The summed E-state index contributed by atoms with van der Waals surface area (Å²) in [4.78, 5) is 25.6. The fourth-order valence-electron chi connectivity index (χ4n) is 5.60. The lowest BCUT2D eigenvalue weighted by Gasteiger charge is -2.59. The first-order valence-electron chi connectivity index (χ1n) is 9.10. The van der Waals surface area contributed by atoms with Crippen molar-refractivity contribution in [1.29, 1.82) is 0 Å². The van der Waals surface area contributed by atoms with E-state index in [0.717, 1.165) is 19.4 Å². The van der Waals surface area contributed by atoms with Crippen LogP contribution in [0.2, 0.25) is 0 Å². The Morgan fingerprint density at radius 2 is 2.04 bits per heavy atom. The van der Waals surface area contributed by atoms with E-state index in [-0.39, 0.29) is 17.3 Å². The maximum atomic E-state index is 12.1. The van der Waals surface area contributed by atoms with Gasteiger partial charge in [-0.15, -0.1) is 0 Å². The van der Waals surface area contributed by atoms with Crippen molar-refractivity contribution in [1.82, 2.24) is 4.90 Å². The van der Waals surface area contributed by atoms with Gasteiger partial charge in [0, 0.05) is 31.8 Å². The summed E-state index contributed by atoms with van der Waals surface area (Å²) >= 11 is 0. The molecule has 2 bridgehead atoms. The Morgan fingerprint density at radius 3 is 2.79 bits per heavy atom. The Hall–Kier alpha value is -1.84. The molecule has 0 spiro atoms. The number of rotatable bonds is 1. The van der Waals surface area contributed by atoms with Crippen LogP contribution >= 0.6 is 0 Å². The Bertz CT molecular complexity index is 698. The van der Waals surface area contributed by atoms with Gasteiger partial charge in [-0.1, -0.05) is 18.9 Å². The topological polar surface area (TPSA) is 46.6 Å². The molecule has 2 aliphatic carbocycles. The minimum absolute atomic E-state index is 0.165. The predicted molar refractivity (Wildman–Crippen MR) is 90.9 cm³/mol. The second-order valence-corrected chi connectivity index (χ2v) is 7.65. The van der Waals surface area contributed by atoms with Gasteiger partial charge in [-0.25, -0.2) is 0 Å². The maximum absolute atomic E-state index is 12.1. The molecule has 1 aliphatic heterocycles. The number of benzene rings is 1. The number of ether oxygens (including phenoxy) is 1. The van der Waals surface area contributed by atoms with Gasteiger partial charge in [-0.2, -0.15) is 0 Å². The van der Waals surface area contributed by atoms with Gasteiger partial charge in [0.1, 0.15) is 5.75 Å². The molecule has 1 saturated carbocycles. The van der Waals surface area contributed by atoms with E-state index < -0.39 is 0 Å². The average molecular weight is 327 g/mol. The van der Waals surface area contributed by atoms with Gasteiger partial charge in [-0.3, -0.25) is 9.59 Å². The SMILES string of the molecule is CC(=O)Oc1ccc2c(c1)[C@]13CCCC[C@H]1[C@H](C2)N(C(C)=O)CC3. The van der Waals surface area contributed by atoms with Crippen LogP contribution in [-0.4, -0.2) is 29.4 Å². The van der Waals surface area contributed by atoms with Gasteiger partial charge in [0.25, 0.3) is 0 Å². The number of fused-ring (bicyclic) bond motifs is 1. The van der Waals surface area contributed by atoms with Gasteiger partial charge in [0.2, 0.25) is 5.91 Å². The summed E-state index contributed by atoms with van der Waals surface area (Å²) in [5, 5.41) is 0. The lowest BCUT2D eigenvalue weighted by atomic mass is 9.52. The van der Waals surface area contributed by atoms with Crippen molar-refractivity contribution in [2.24, 2.45) is 5.92 Å². The molecule has 128 valence electrons. The minimum Gasteiger partial charge on any atom is -0.427 e. The maximum Gasteiger partial charge on any atom is 0.308 e. The van der Waals surface area contributed by atoms with Crippen LogP contribution in [0.25, 0.3) is 0 Å². The van der Waals surface area contributed by atoms with Crippen molar-refractivity contribution in [3.8, 4) is 5.75 Å². The van der Waals surface area contributed by atoms with Crippen LogP contribution in [0.1, 0.15) is 57.1 Å². The van der Waals surface area contributed by atoms with Crippen LogP contribution in [0.3, 0.4) is 0 Å². The summed E-state index contributed by atoms with van der Waals surface area (Å²) in [6, 6.07) is 6.45. The molecule has 4 rings (SSSR count). The molecule has 3 aliphatic rings. The molecule has 2 fully saturated rings. The number of carbonyl (C=O) groups excluding carboxylic acids is 2. The minimum atomic E-state index is -0.271. The standard InChI is InChI=1S/C20H25NO3/c1-13(22)21-10-9-20-8-4-3-5-17(20)19(21)11-15-6-7-16(12-18(15)20)24-14(2)23/h6-7,12,17,19H,3-5,8-11H2,1-2H3/t17-,19-,20-/m0/s1. The molecule has 4 nitrogen and oxygen atoms in total. The van der Waals surface area contributed by atoms with Crippen LogP contribution < -0.4 is 4.74 Å². The number of amides is 1. The van der Waals surface area contributed by atoms with E-state index in [1.165, 1.54) is 43.7 Å². The van der Waals surface area contributed by atoms with Crippen LogP contribution in [0.5, 0.6) is 5.75 Å². The van der Waals surface area contributed by atoms with E-state index in [4.69, 9.17) is 4.74 Å². The van der Waals surface area contributed by atoms with Gasteiger partial charge >= 0.3 is 5.97 Å². The summed E-state index contributed by atoms with van der Waals surface area (Å²) < 4.78 is 5.35. The molecule has 1 saturated heterocycles. The molecule has 1 aromatic carbocycles. The van der Waals surface area contributed by atoms with E-state index in [0.29, 0.717) is 17.7 Å². The molecule has 24 heavy (non-hydrogen) atoms. The van der Waals surface area contributed by atoms with Gasteiger partial charge in [-0.05, 0) is 54.9 Å². The number of carbonyl (C=O) groups is 2. The lowest BCUT2D eigenvalue weighted by Crippen LogP contribution is -2.61. The molecule has 0 N–H and O–H groups in total. The molecule has 0 aromatic heterocycles. The zero-order valence-corrected chi connectivity index (χ0v) is 14.5. The van der Waals surface area contributed by atoms with E-state index >= 15 is 0 Å². The Labute approximate surface area is 143 Å². The Morgan fingerprint density at radius 1 is 1.21 bits per heavy atom. The number of esters is 1. The third-order valence-corrected chi connectivity index (χ3v) is 6.47. The molecule has 1 aromatic rings. The highest BCUT2D eigenvalue weighted by Gasteiger charge is 2.54. The number of hydrogen-bond donors (Lipinski definition) is 0. The molecule has 0 unspecified atom stereocenters. The van der Waals surface area contributed by atoms with E-state index in [1.807, 2.05) is 6.07 Å². The van der Waals surface area contributed by atoms with E-state index in [2.05, 4.69) is 17.0 Å². The van der Waals surface area contributed by atoms with E-state index in [9.17, 15) is 9.59 Å². The Kier molecular flexibility index (Phi) is 3.66. The highest BCUT2D eigenvalue weighted by atomic mass is 16.5. The molecular weight excluding hydrogens is 302 g/mol. The summed E-state index contributed by atoms with van der Waals surface area (Å²) in [5.41, 5.74) is 2.88. The number of likely N-dealkylation sites (tertiary alicyclic amines) is 1. The fraction of sp³-hybridized carbons (Fsp3) is 0.600. The Balaban J connectivity index is 1.81. The first-order valence-corrected chi connectivity index (χ1v) is 9.10. The molecule has 4 heteroatoms. The van der Waals surface area contributed by atoms with Gasteiger partial charge in [0.05, 0.1) is 0 Å². The summed E-state index contributed by atoms with van der Waals surface area (Å²) in [6.45, 7) is 4.01. The zero-order valence-electron chi connectivity index (χ0n) is 14.5. The van der Waals surface area contributed by atoms with Gasteiger partial charge in [0.15, 0.2) is 0 Å². The lowest BCUT2D eigenvalue weighted by molar-refractivity contribution is -0.138.